The van der Waals surface area contributed by atoms with Gasteiger partial charge in [-0.25, -0.2) is 8.42 Å². The molecule has 1 saturated heterocycles. The van der Waals surface area contributed by atoms with Gasteiger partial charge in [0.25, 0.3) is 0 Å². The number of fused-ring (bicyclic) bond motifs is 2. The Kier molecular flexibility index (Phi) is 5.32. The predicted molar refractivity (Wildman–Crippen MR) is 72.9 cm³/mol. The van der Waals surface area contributed by atoms with Crippen LogP contribution in [-0.4, -0.2) is 44.2 Å². The van der Waals surface area contributed by atoms with Crippen molar-refractivity contribution in [1.29, 1.82) is 0 Å². The largest absolute Gasteiger partial charge is 0.726 e. The minimum absolute atomic E-state index is 0.714. The van der Waals surface area contributed by atoms with Crippen molar-refractivity contribution >= 4 is 10.4 Å². The lowest BCUT2D eigenvalue weighted by Gasteiger charge is -2.38. The highest BCUT2D eigenvalue weighted by atomic mass is 32.3. The first kappa shape index (κ1) is 16.4. The van der Waals surface area contributed by atoms with Crippen molar-refractivity contribution in [2.45, 2.75) is 39.2 Å². The van der Waals surface area contributed by atoms with Gasteiger partial charge in [0, 0.05) is 5.57 Å². The molecule has 0 N–H and O–H groups in total. The Labute approximate surface area is 116 Å². The third kappa shape index (κ3) is 4.72. The second kappa shape index (κ2) is 6.17. The van der Waals surface area contributed by atoms with E-state index >= 15 is 0 Å². The fourth-order valence-electron chi connectivity index (χ4n) is 2.73. The highest BCUT2D eigenvalue weighted by Gasteiger charge is 2.34. The van der Waals surface area contributed by atoms with Crippen molar-refractivity contribution in [1.82, 2.24) is 0 Å². The zero-order chi connectivity index (χ0) is 14.7. The first-order valence-electron chi connectivity index (χ1n) is 6.44. The molecule has 0 aliphatic carbocycles. The van der Waals surface area contributed by atoms with Crippen LogP contribution in [0, 0.1) is 0 Å². The lowest BCUT2D eigenvalue weighted by atomic mass is 9.97. The molecule has 6 heteroatoms. The van der Waals surface area contributed by atoms with E-state index in [2.05, 4.69) is 37.4 Å². The normalized spacial score (nSPS) is 30.5. The Morgan fingerprint density at radius 2 is 2.00 bits per heavy atom. The van der Waals surface area contributed by atoms with E-state index < -0.39 is 10.4 Å². The molecule has 0 aromatic carbocycles. The lowest BCUT2D eigenvalue weighted by Crippen LogP contribution is -2.48. The summed E-state index contributed by atoms with van der Waals surface area (Å²) in [4.78, 5) is 0. The van der Waals surface area contributed by atoms with Gasteiger partial charge in [-0.05, 0) is 44.8 Å². The van der Waals surface area contributed by atoms with Crippen molar-refractivity contribution < 1.29 is 21.6 Å². The van der Waals surface area contributed by atoms with Crippen LogP contribution in [0.1, 0.15) is 33.1 Å². The molecule has 5 nitrogen and oxygen atoms in total. The summed E-state index contributed by atoms with van der Waals surface area (Å²) in [6.07, 6.45) is 8.91. The summed E-state index contributed by atoms with van der Waals surface area (Å²) in [7, 11) is -1.24. The van der Waals surface area contributed by atoms with E-state index in [1.807, 2.05) is 0 Å². The predicted octanol–water partition coefficient (Wildman–Crippen LogP) is 1.94. The maximum Gasteiger partial charge on any atom is 0.217 e. The second-order valence-electron chi connectivity index (χ2n) is 5.37. The van der Waals surface area contributed by atoms with Crippen LogP contribution in [0.3, 0.4) is 0 Å². The summed E-state index contributed by atoms with van der Waals surface area (Å²) < 4.78 is 32.2. The molecule has 2 heterocycles. The summed E-state index contributed by atoms with van der Waals surface area (Å²) in [5, 5.41) is 0. The Balaban J connectivity index is 0.000000258. The zero-order valence-electron chi connectivity index (χ0n) is 12.0. The maximum absolute atomic E-state index is 9.22. The monoisotopic (exact) mass is 289 g/mol. The van der Waals surface area contributed by atoms with Crippen LogP contribution in [-0.2, 0) is 14.6 Å². The van der Waals surface area contributed by atoms with Crippen molar-refractivity contribution in [3.63, 3.8) is 0 Å². The minimum Gasteiger partial charge on any atom is -0.726 e. The van der Waals surface area contributed by atoms with Gasteiger partial charge in [-0.15, -0.1) is 0 Å². The minimum atomic E-state index is -4.41. The van der Waals surface area contributed by atoms with E-state index in [-0.39, 0.29) is 0 Å². The topological polar surface area (TPSA) is 66.4 Å². The number of rotatable bonds is 1. The summed E-state index contributed by atoms with van der Waals surface area (Å²) >= 11 is 0. The molecule has 0 amide bonds. The van der Waals surface area contributed by atoms with Crippen LogP contribution < -0.4 is 0 Å². The fourth-order valence-corrected chi connectivity index (χ4v) is 2.73. The quantitative estimate of drug-likeness (QED) is 0.420. The molecule has 2 atom stereocenters. The SMILES string of the molecule is CC1=C[N@@+]2(C)CCCCC(=C1)[C@@H]2C.COS(=O)(=O)[O-]. The lowest BCUT2D eigenvalue weighted by molar-refractivity contribution is -0.878. The number of allylic oxidation sites excluding steroid dienone is 2. The highest BCUT2D eigenvalue weighted by Crippen LogP contribution is 2.32. The van der Waals surface area contributed by atoms with Gasteiger partial charge in [0.2, 0.25) is 10.4 Å². The Morgan fingerprint density at radius 3 is 2.53 bits per heavy atom. The molecule has 1 fully saturated rings. The Hall–Kier alpha value is -0.690. The highest BCUT2D eigenvalue weighted by molar-refractivity contribution is 7.80. The van der Waals surface area contributed by atoms with E-state index in [9.17, 15) is 13.0 Å². The molecule has 0 aromatic heterocycles. The van der Waals surface area contributed by atoms with Gasteiger partial charge < -0.3 is 4.55 Å². The van der Waals surface area contributed by atoms with Gasteiger partial charge in [-0.3, -0.25) is 8.67 Å². The molecule has 0 unspecified atom stereocenters. The van der Waals surface area contributed by atoms with Crippen LogP contribution in [0.15, 0.2) is 23.4 Å². The molecule has 0 radical (unpaired) electrons. The van der Waals surface area contributed by atoms with Crippen molar-refractivity contribution in [3.8, 4) is 0 Å². The average molecular weight is 289 g/mol. The number of hydrogen-bond acceptors (Lipinski definition) is 4. The molecule has 0 aromatic rings. The molecule has 2 aliphatic heterocycles. The van der Waals surface area contributed by atoms with E-state index in [4.69, 9.17) is 0 Å². The average Bonchev–Trinajstić information content (AvgIpc) is 2.38. The molecular formula is C13H23NO4S. The molecule has 110 valence electrons. The van der Waals surface area contributed by atoms with E-state index in [0.29, 0.717) is 6.04 Å². The van der Waals surface area contributed by atoms with Crippen LogP contribution in [0.2, 0.25) is 0 Å². The van der Waals surface area contributed by atoms with Gasteiger partial charge >= 0.3 is 0 Å². The summed E-state index contributed by atoms with van der Waals surface area (Å²) in [5.41, 5.74) is 3.12. The number of hydrogen-bond donors (Lipinski definition) is 0. The van der Waals surface area contributed by atoms with Gasteiger partial charge in [0.15, 0.2) is 0 Å². The van der Waals surface area contributed by atoms with E-state index in [1.54, 1.807) is 5.57 Å². The molecule has 2 aliphatic rings. The first-order chi connectivity index (χ1) is 8.68. The Morgan fingerprint density at radius 1 is 1.42 bits per heavy atom. The van der Waals surface area contributed by atoms with Crippen molar-refractivity contribution in [2.24, 2.45) is 0 Å². The molecule has 0 spiro atoms. The molecule has 0 saturated carbocycles. The molecular weight excluding hydrogens is 266 g/mol. The first-order valence-corrected chi connectivity index (χ1v) is 7.77. The smallest absolute Gasteiger partial charge is 0.217 e. The van der Waals surface area contributed by atoms with Gasteiger partial charge in [0.05, 0.1) is 26.9 Å². The maximum atomic E-state index is 9.22. The third-order valence-corrected chi connectivity index (χ3v) is 4.30. The summed E-state index contributed by atoms with van der Waals surface area (Å²) in [5.74, 6) is 0. The molecule has 2 bridgehead atoms. The van der Waals surface area contributed by atoms with Crippen molar-refractivity contribution in [2.75, 3.05) is 20.7 Å². The van der Waals surface area contributed by atoms with Crippen LogP contribution >= 0.6 is 0 Å². The third-order valence-electron chi connectivity index (χ3n) is 3.89. The van der Waals surface area contributed by atoms with Crippen LogP contribution in [0.25, 0.3) is 0 Å². The van der Waals surface area contributed by atoms with Gasteiger partial charge in [-0.1, -0.05) is 0 Å². The molecule has 19 heavy (non-hydrogen) atoms. The standard InChI is InChI=1S/C12H20N.CH4O4S/c1-10-8-12-6-4-5-7-13(3,9-10)11(12)2;1-5-6(2,3)4/h8-9,11H,4-7H2,1-3H3;1H3,(H,2,3,4)/q+1;/p-1/t11-,13+;/m0./s1. The fraction of sp³-hybridized carbons (Fsp3) is 0.692. The summed E-state index contributed by atoms with van der Waals surface area (Å²) in [6, 6.07) is 0.714. The van der Waals surface area contributed by atoms with E-state index in [1.165, 1.54) is 31.4 Å². The van der Waals surface area contributed by atoms with E-state index in [0.717, 1.165) is 11.6 Å². The van der Waals surface area contributed by atoms with Crippen LogP contribution in [0.4, 0.5) is 0 Å². The zero-order valence-corrected chi connectivity index (χ0v) is 12.9. The van der Waals surface area contributed by atoms with Gasteiger partial charge in [-0.2, -0.15) is 0 Å². The number of nitrogens with zero attached hydrogens (tertiary/aromatic N) is 1. The van der Waals surface area contributed by atoms with Crippen molar-refractivity contribution in [3.05, 3.63) is 23.4 Å². The number of likely N-dealkylation sites (N-methyl/N-ethyl adjacent to an activating group) is 1. The van der Waals surface area contributed by atoms with Gasteiger partial charge in [0.1, 0.15) is 6.04 Å². The Bertz CT molecular complexity index is 481. The second-order valence-corrected chi connectivity index (χ2v) is 6.52. The molecule has 2 rings (SSSR count). The summed E-state index contributed by atoms with van der Waals surface area (Å²) in [6.45, 7) is 5.92. The number of quaternary nitrogens is 1. The van der Waals surface area contributed by atoms with Crippen LogP contribution in [0.5, 0.6) is 0 Å².